The Morgan fingerprint density at radius 3 is 2.45 bits per heavy atom. The van der Waals surface area contributed by atoms with Gasteiger partial charge < -0.3 is 25.8 Å². The fourth-order valence-corrected chi connectivity index (χ4v) is 7.02. The zero-order valence-electron chi connectivity index (χ0n) is 25.2. The second kappa shape index (κ2) is 14.6. The van der Waals surface area contributed by atoms with E-state index in [1.54, 1.807) is 0 Å². The molecule has 1 saturated heterocycles. The molecule has 2 aromatic heterocycles. The molecule has 0 radical (unpaired) electrons. The molecule has 42 heavy (non-hydrogen) atoms. The minimum Gasteiger partial charge on any atom is -0.377 e. The predicted molar refractivity (Wildman–Crippen MR) is 169 cm³/mol. The smallest absolute Gasteiger partial charge is 0.227 e. The number of anilines is 2. The van der Waals surface area contributed by atoms with E-state index in [1.165, 1.54) is 63.4 Å². The molecule has 3 aromatic rings. The van der Waals surface area contributed by atoms with Crippen molar-refractivity contribution >= 4 is 22.9 Å². The maximum absolute atomic E-state index is 6.16. The number of hydrogen-bond donors (Lipinski definition) is 3. The molecule has 0 spiro atoms. The first-order valence-electron chi connectivity index (χ1n) is 16.6. The van der Waals surface area contributed by atoms with Crippen LogP contribution in [0.15, 0.2) is 36.7 Å². The Balaban J connectivity index is 0.995. The van der Waals surface area contributed by atoms with E-state index in [0.717, 1.165) is 81.3 Å². The van der Waals surface area contributed by atoms with Gasteiger partial charge in [0.25, 0.3) is 0 Å². The van der Waals surface area contributed by atoms with Crippen molar-refractivity contribution in [3.05, 3.63) is 42.2 Å². The molecule has 9 nitrogen and oxygen atoms in total. The van der Waals surface area contributed by atoms with Gasteiger partial charge in [0, 0.05) is 37.8 Å². The number of nitrogens with zero attached hydrogens (tertiary/aromatic N) is 5. The number of hydrogen-bond acceptors (Lipinski definition) is 8. The van der Waals surface area contributed by atoms with Crippen LogP contribution in [0, 0.1) is 5.92 Å². The van der Waals surface area contributed by atoms with Crippen LogP contribution in [0.2, 0.25) is 0 Å². The standard InChI is InChI=1S/C33H50N8O/c34-27-14-16-28(17-15-27)36-33-37-31(30-32(38-33)41(24-35-30)29-12-6-7-13-29)39-40-20-18-25(19-21-40)9-5-2-8-22-42-23-26-10-3-1-4-11-26/h1,3-4,10-11,24-25,27-29H,2,5-9,12-23,34H2,(H2,36,37,38,39)/t27-,28-. The number of ether oxygens (including phenoxy) is 1. The summed E-state index contributed by atoms with van der Waals surface area (Å²) in [6.07, 6.45) is 18.7. The summed E-state index contributed by atoms with van der Waals surface area (Å²) in [4.78, 5) is 14.8. The molecule has 3 heterocycles. The van der Waals surface area contributed by atoms with E-state index in [2.05, 4.69) is 44.6 Å². The van der Waals surface area contributed by atoms with Crippen LogP contribution in [0.1, 0.15) is 101 Å². The van der Waals surface area contributed by atoms with E-state index in [0.29, 0.717) is 24.1 Å². The lowest BCUT2D eigenvalue weighted by Crippen LogP contribution is -2.38. The number of benzene rings is 1. The summed E-state index contributed by atoms with van der Waals surface area (Å²) in [6, 6.07) is 11.6. The quantitative estimate of drug-likeness (QED) is 0.200. The second-order valence-corrected chi connectivity index (χ2v) is 12.8. The van der Waals surface area contributed by atoms with Gasteiger partial charge in [0.15, 0.2) is 17.0 Å². The van der Waals surface area contributed by atoms with E-state index in [-0.39, 0.29) is 0 Å². The number of hydrazine groups is 1. The van der Waals surface area contributed by atoms with Crippen LogP contribution >= 0.6 is 0 Å². The minimum atomic E-state index is 0.328. The average molecular weight is 575 g/mol. The third-order valence-electron chi connectivity index (χ3n) is 9.64. The summed E-state index contributed by atoms with van der Waals surface area (Å²) >= 11 is 0. The monoisotopic (exact) mass is 574 g/mol. The molecule has 3 fully saturated rings. The van der Waals surface area contributed by atoms with Gasteiger partial charge in [0.05, 0.1) is 12.9 Å². The molecule has 3 aliphatic rings. The van der Waals surface area contributed by atoms with Gasteiger partial charge in [-0.15, -0.1) is 0 Å². The molecule has 2 saturated carbocycles. The van der Waals surface area contributed by atoms with Gasteiger partial charge in [-0.3, -0.25) is 0 Å². The SMILES string of the molecule is N[C@H]1CC[C@H](Nc2nc(NN3CCC(CCCCCOCc4ccccc4)CC3)c3ncn(C4CCCC4)c3n2)CC1. The van der Waals surface area contributed by atoms with E-state index in [1.807, 2.05) is 12.4 Å². The van der Waals surface area contributed by atoms with Gasteiger partial charge in [0.2, 0.25) is 5.95 Å². The van der Waals surface area contributed by atoms with Gasteiger partial charge >= 0.3 is 0 Å². The summed E-state index contributed by atoms with van der Waals surface area (Å²) in [5.41, 5.74) is 12.9. The molecule has 0 bridgehead atoms. The predicted octanol–water partition coefficient (Wildman–Crippen LogP) is 6.44. The third-order valence-corrected chi connectivity index (χ3v) is 9.64. The van der Waals surface area contributed by atoms with Crippen LogP contribution < -0.4 is 16.5 Å². The number of fused-ring (bicyclic) bond motifs is 1. The molecule has 9 heteroatoms. The van der Waals surface area contributed by atoms with Crippen LogP contribution in [0.5, 0.6) is 0 Å². The number of unbranched alkanes of at least 4 members (excludes halogenated alkanes) is 2. The Hall–Kier alpha value is -2.75. The Labute approximate surface area is 251 Å². The summed E-state index contributed by atoms with van der Waals surface area (Å²) in [5, 5.41) is 5.99. The molecule has 228 valence electrons. The van der Waals surface area contributed by atoms with Crippen LogP contribution in [-0.4, -0.2) is 56.3 Å². The molecule has 1 aliphatic heterocycles. The molecule has 0 atom stereocenters. The maximum atomic E-state index is 6.16. The lowest BCUT2D eigenvalue weighted by molar-refractivity contribution is 0.116. The van der Waals surface area contributed by atoms with Crippen LogP contribution in [0.25, 0.3) is 11.2 Å². The number of imidazole rings is 1. The Morgan fingerprint density at radius 1 is 0.881 bits per heavy atom. The van der Waals surface area contributed by atoms with Gasteiger partial charge in [-0.2, -0.15) is 9.97 Å². The summed E-state index contributed by atoms with van der Waals surface area (Å²) < 4.78 is 8.16. The topological polar surface area (TPSA) is 106 Å². The number of aromatic nitrogens is 4. The van der Waals surface area contributed by atoms with Crippen molar-refractivity contribution in [2.75, 3.05) is 30.4 Å². The molecule has 0 amide bonds. The van der Waals surface area contributed by atoms with Gasteiger partial charge in [0.1, 0.15) is 0 Å². The van der Waals surface area contributed by atoms with Crippen molar-refractivity contribution in [1.82, 2.24) is 24.5 Å². The molecule has 2 aliphatic carbocycles. The van der Waals surface area contributed by atoms with Crippen molar-refractivity contribution in [1.29, 1.82) is 0 Å². The number of nitrogens with two attached hydrogens (primary N) is 1. The number of rotatable bonds is 13. The van der Waals surface area contributed by atoms with E-state index in [9.17, 15) is 0 Å². The molecule has 4 N–H and O–H groups in total. The van der Waals surface area contributed by atoms with Gasteiger partial charge in [-0.25, -0.2) is 9.99 Å². The van der Waals surface area contributed by atoms with Gasteiger partial charge in [-0.1, -0.05) is 62.4 Å². The summed E-state index contributed by atoms with van der Waals surface area (Å²) in [7, 11) is 0. The first-order valence-corrected chi connectivity index (χ1v) is 16.6. The summed E-state index contributed by atoms with van der Waals surface area (Å²) in [6.45, 7) is 3.64. The first-order chi connectivity index (χ1) is 20.7. The Morgan fingerprint density at radius 2 is 1.67 bits per heavy atom. The van der Waals surface area contributed by atoms with E-state index < -0.39 is 0 Å². The van der Waals surface area contributed by atoms with Crippen LogP contribution in [-0.2, 0) is 11.3 Å². The summed E-state index contributed by atoms with van der Waals surface area (Å²) in [5.74, 6) is 2.35. The van der Waals surface area contributed by atoms with Gasteiger partial charge in [-0.05, 0) is 69.3 Å². The van der Waals surface area contributed by atoms with Crippen molar-refractivity contribution in [3.8, 4) is 0 Å². The highest BCUT2D eigenvalue weighted by atomic mass is 16.5. The number of nitrogens with one attached hydrogen (secondary N) is 2. The lowest BCUT2D eigenvalue weighted by Gasteiger charge is -2.32. The number of piperidine rings is 1. The van der Waals surface area contributed by atoms with Crippen LogP contribution in [0.3, 0.4) is 0 Å². The van der Waals surface area contributed by atoms with Crippen molar-refractivity contribution in [3.63, 3.8) is 0 Å². The highest BCUT2D eigenvalue weighted by molar-refractivity contribution is 5.84. The van der Waals surface area contributed by atoms with E-state index in [4.69, 9.17) is 25.4 Å². The molecular weight excluding hydrogens is 524 g/mol. The Kier molecular flexibility index (Phi) is 10.2. The third kappa shape index (κ3) is 7.79. The largest absolute Gasteiger partial charge is 0.377 e. The fourth-order valence-electron chi connectivity index (χ4n) is 7.02. The second-order valence-electron chi connectivity index (χ2n) is 12.8. The Bertz CT molecular complexity index is 1230. The molecular formula is C33H50N8O. The highest BCUT2D eigenvalue weighted by Gasteiger charge is 2.25. The van der Waals surface area contributed by atoms with Crippen LogP contribution in [0.4, 0.5) is 11.8 Å². The molecule has 6 rings (SSSR count). The highest BCUT2D eigenvalue weighted by Crippen LogP contribution is 2.34. The van der Waals surface area contributed by atoms with Crippen molar-refractivity contribution in [2.24, 2.45) is 11.7 Å². The zero-order chi connectivity index (χ0) is 28.6. The zero-order valence-corrected chi connectivity index (χ0v) is 25.2. The van der Waals surface area contributed by atoms with E-state index >= 15 is 0 Å². The maximum Gasteiger partial charge on any atom is 0.227 e. The lowest BCUT2D eigenvalue weighted by atomic mass is 9.92. The molecule has 1 aromatic carbocycles. The minimum absolute atomic E-state index is 0.328. The van der Waals surface area contributed by atoms with Crippen molar-refractivity contribution in [2.45, 2.75) is 115 Å². The normalized spacial score (nSPS) is 22.6. The first kappa shape index (κ1) is 29.3. The average Bonchev–Trinajstić information content (AvgIpc) is 3.70. The molecule has 0 unspecified atom stereocenters. The van der Waals surface area contributed by atoms with Crippen molar-refractivity contribution < 1.29 is 4.74 Å². The fraction of sp³-hybridized carbons (Fsp3) is 0.667.